The number of ether oxygens (including phenoxy) is 2. The summed E-state index contributed by atoms with van der Waals surface area (Å²) < 4.78 is 9.47. The molecule has 1 rings (SSSR count). The standard InChI is InChI=1S/C16H22O4/c1-4-5-13(15(17)19-2)9-6-12-7-10-14(11-8-12)16(18)20-3/h7-8,10-11,13H,4-6,9H2,1-3H3/t13-/m0/s1. The van der Waals surface area contributed by atoms with Gasteiger partial charge >= 0.3 is 11.9 Å². The van der Waals surface area contributed by atoms with Gasteiger partial charge in [0.15, 0.2) is 0 Å². The van der Waals surface area contributed by atoms with Crippen LogP contribution in [-0.2, 0) is 20.7 Å². The van der Waals surface area contributed by atoms with Crippen LogP contribution < -0.4 is 0 Å². The zero-order chi connectivity index (χ0) is 15.0. The maximum Gasteiger partial charge on any atom is 0.337 e. The van der Waals surface area contributed by atoms with Crippen LogP contribution in [0.5, 0.6) is 0 Å². The molecule has 0 saturated heterocycles. The Hall–Kier alpha value is -1.84. The van der Waals surface area contributed by atoms with E-state index in [4.69, 9.17) is 4.74 Å². The topological polar surface area (TPSA) is 52.6 Å². The highest BCUT2D eigenvalue weighted by Crippen LogP contribution is 2.17. The highest BCUT2D eigenvalue weighted by atomic mass is 16.5. The number of benzene rings is 1. The van der Waals surface area contributed by atoms with Crippen LogP contribution in [0.4, 0.5) is 0 Å². The van der Waals surface area contributed by atoms with E-state index in [0.29, 0.717) is 5.56 Å². The summed E-state index contributed by atoms with van der Waals surface area (Å²) in [5, 5.41) is 0. The molecule has 0 aliphatic rings. The fourth-order valence-corrected chi connectivity index (χ4v) is 2.16. The lowest BCUT2D eigenvalue weighted by molar-refractivity contribution is -0.145. The predicted molar refractivity (Wildman–Crippen MR) is 76.5 cm³/mol. The first-order chi connectivity index (χ1) is 9.62. The minimum absolute atomic E-state index is 0.0507. The summed E-state index contributed by atoms with van der Waals surface area (Å²) in [4.78, 5) is 22.9. The number of hydrogen-bond acceptors (Lipinski definition) is 4. The number of carbonyl (C=O) groups excluding carboxylic acids is 2. The Morgan fingerprint density at radius 1 is 1.05 bits per heavy atom. The second kappa shape index (κ2) is 8.35. The molecule has 0 fully saturated rings. The summed E-state index contributed by atoms with van der Waals surface area (Å²) in [5.74, 6) is -0.529. The van der Waals surface area contributed by atoms with Gasteiger partial charge in [-0.3, -0.25) is 4.79 Å². The van der Waals surface area contributed by atoms with Crippen LogP contribution in [-0.4, -0.2) is 26.2 Å². The van der Waals surface area contributed by atoms with Crippen molar-refractivity contribution in [1.82, 2.24) is 0 Å². The zero-order valence-electron chi connectivity index (χ0n) is 12.3. The van der Waals surface area contributed by atoms with Crippen molar-refractivity contribution in [3.63, 3.8) is 0 Å². The molecule has 0 spiro atoms. The van der Waals surface area contributed by atoms with E-state index >= 15 is 0 Å². The van der Waals surface area contributed by atoms with Gasteiger partial charge in [0.1, 0.15) is 0 Å². The molecule has 0 N–H and O–H groups in total. The number of hydrogen-bond donors (Lipinski definition) is 0. The molecule has 1 aromatic carbocycles. The Morgan fingerprint density at radius 2 is 1.70 bits per heavy atom. The molecule has 0 aromatic heterocycles. The molecular weight excluding hydrogens is 256 g/mol. The normalized spacial score (nSPS) is 11.8. The molecule has 0 aliphatic heterocycles. The molecule has 1 aromatic rings. The minimum Gasteiger partial charge on any atom is -0.469 e. The summed E-state index contributed by atoms with van der Waals surface area (Å²) in [6, 6.07) is 7.28. The zero-order valence-corrected chi connectivity index (χ0v) is 12.3. The van der Waals surface area contributed by atoms with Crippen LogP contribution in [0.1, 0.15) is 42.1 Å². The summed E-state index contributed by atoms with van der Waals surface area (Å²) in [6.07, 6.45) is 3.35. The number of esters is 2. The van der Waals surface area contributed by atoms with Gasteiger partial charge in [-0.2, -0.15) is 0 Å². The molecule has 0 unspecified atom stereocenters. The minimum atomic E-state index is -0.338. The molecule has 110 valence electrons. The fourth-order valence-electron chi connectivity index (χ4n) is 2.16. The first kappa shape index (κ1) is 16.2. The van der Waals surface area contributed by atoms with Crippen LogP contribution in [0.25, 0.3) is 0 Å². The van der Waals surface area contributed by atoms with Gasteiger partial charge in [-0.25, -0.2) is 4.79 Å². The number of aryl methyl sites for hydroxylation is 1. The third kappa shape index (κ3) is 4.68. The third-order valence-electron chi connectivity index (χ3n) is 3.33. The number of carbonyl (C=O) groups is 2. The second-order valence-electron chi connectivity index (χ2n) is 4.74. The van der Waals surface area contributed by atoms with Gasteiger partial charge in [-0.05, 0) is 37.0 Å². The van der Waals surface area contributed by atoms with Crippen LogP contribution in [0.2, 0.25) is 0 Å². The average molecular weight is 278 g/mol. The third-order valence-corrected chi connectivity index (χ3v) is 3.33. The summed E-state index contributed by atoms with van der Waals surface area (Å²) in [7, 11) is 2.79. The lowest BCUT2D eigenvalue weighted by Crippen LogP contribution is -2.16. The van der Waals surface area contributed by atoms with Crippen LogP contribution >= 0.6 is 0 Å². The van der Waals surface area contributed by atoms with Crippen molar-refractivity contribution in [1.29, 1.82) is 0 Å². The Morgan fingerprint density at radius 3 is 2.20 bits per heavy atom. The van der Waals surface area contributed by atoms with Crippen molar-refractivity contribution in [2.45, 2.75) is 32.6 Å². The lowest BCUT2D eigenvalue weighted by atomic mass is 9.95. The molecule has 0 heterocycles. The monoisotopic (exact) mass is 278 g/mol. The molecule has 0 amide bonds. The maximum atomic E-state index is 11.6. The van der Waals surface area contributed by atoms with E-state index in [2.05, 4.69) is 11.7 Å². The maximum absolute atomic E-state index is 11.6. The Kier molecular flexibility index (Phi) is 6.77. The van der Waals surface area contributed by atoms with Crippen molar-refractivity contribution in [2.24, 2.45) is 5.92 Å². The predicted octanol–water partition coefficient (Wildman–Crippen LogP) is 3.00. The molecule has 0 radical (unpaired) electrons. The van der Waals surface area contributed by atoms with Crippen LogP contribution in [0, 0.1) is 5.92 Å². The van der Waals surface area contributed by atoms with E-state index in [-0.39, 0.29) is 17.9 Å². The Bertz CT molecular complexity index is 436. The molecule has 4 nitrogen and oxygen atoms in total. The van der Waals surface area contributed by atoms with E-state index in [1.54, 1.807) is 12.1 Å². The summed E-state index contributed by atoms with van der Waals surface area (Å²) in [5.41, 5.74) is 1.64. The van der Waals surface area contributed by atoms with Gasteiger partial charge in [-0.1, -0.05) is 25.5 Å². The van der Waals surface area contributed by atoms with Crippen molar-refractivity contribution >= 4 is 11.9 Å². The van der Waals surface area contributed by atoms with Crippen molar-refractivity contribution < 1.29 is 19.1 Å². The summed E-state index contributed by atoms with van der Waals surface area (Å²) >= 11 is 0. The highest BCUT2D eigenvalue weighted by molar-refractivity contribution is 5.89. The van der Waals surface area contributed by atoms with E-state index in [1.165, 1.54) is 14.2 Å². The van der Waals surface area contributed by atoms with E-state index in [9.17, 15) is 9.59 Å². The highest BCUT2D eigenvalue weighted by Gasteiger charge is 2.17. The van der Waals surface area contributed by atoms with Gasteiger partial charge in [0.2, 0.25) is 0 Å². The average Bonchev–Trinajstić information content (AvgIpc) is 2.50. The van der Waals surface area contributed by atoms with E-state index < -0.39 is 0 Å². The smallest absolute Gasteiger partial charge is 0.337 e. The molecule has 0 bridgehead atoms. The molecular formula is C16H22O4. The second-order valence-corrected chi connectivity index (χ2v) is 4.74. The Balaban J connectivity index is 2.59. The number of methoxy groups -OCH3 is 2. The molecule has 1 atom stereocenters. The molecule has 20 heavy (non-hydrogen) atoms. The van der Waals surface area contributed by atoms with Crippen molar-refractivity contribution in [3.05, 3.63) is 35.4 Å². The van der Waals surface area contributed by atoms with Crippen molar-refractivity contribution in [3.8, 4) is 0 Å². The first-order valence-electron chi connectivity index (χ1n) is 6.87. The van der Waals surface area contributed by atoms with Gasteiger partial charge in [0, 0.05) is 0 Å². The van der Waals surface area contributed by atoms with Gasteiger partial charge < -0.3 is 9.47 Å². The molecule has 0 aliphatic carbocycles. The van der Waals surface area contributed by atoms with Gasteiger partial charge in [0.05, 0.1) is 25.7 Å². The summed E-state index contributed by atoms with van der Waals surface area (Å²) in [6.45, 7) is 2.06. The van der Waals surface area contributed by atoms with Crippen LogP contribution in [0.3, 0.4) is 0 Å². The SMILES string of the molecule is CCC[C@@H](CCc1ccc(C(=O)OC)cc1)C(=O)OC. The van der Waals surface area contributed by atoms with E-state index in [0.717, 1.165) is 31.2 Å². The van der Waals surface area contributed by atoms with Gasteiger partial charge in [-0.15, -0.1) is 0 Å². The molecule has 0 saturated carbocycles. The van der Waals surface area contributed by atoms with Crippen LogP contribution in [0.15, 0.2) is 24.3 Å². The quantitative estimate of drug-likeness (QED) is 0.719. The van der Waals surface area contributed by atoms with Crippen molar-refractivity contribution in [2.75, 3.05) is 14.2 Å². The number of rotatable bonds is 7. The fraction of sp³-hybridized carbons (Fsp3) is 0.500. The van der Waals surface area contributed by atoms with E-state index in [1.807, 2.05) is 12.1 Å². The Labute approximate surface area is 120 Å². The molecule has 4 heteroatoms. The van der Waals surface area contributed by atoms with Gasteiger partial charge in [0.25, 0.3) is 0 Å². The largest absolute Gasteiger partial charge is 0.469 e. The first-order valence-corrected chi connectivity index (χ1v) is 6.87. The lowest BCUT2D eigenvalue weighted by Gasteiger charge is -2.13.